The van der Waals surface area contributed by atoms with Crippen LogP contribution in [0.4, 0.5) is 26.3 Å². The van der Waals surface area contributed by atoms with Gasteiger partial charge in [0.25, 0.3) is 20.2 Å². The van der Waals surface area contributed by atoms with Gasteiger partial charge >= 0.3 is 36.8 Å². The quantitative estimate of drug-likeness (QED) is 0.00905. The highest BCUT2D eigenvalue weighted by Crippen LogP contribution is 2.35. The van der Waals surface area contributed by atoms with Gasteiger partial charge in [-0.1, -0.05) is 150 Å². The van der Waals surface area contributed by atoms with Gasteiger partial charge in [-0.2, -0.15) is 71.9 Å². The van der Waals surface area contributed by atoms with E-state index in [4.69, 9.17) is 90.3 Å². The molecule has 8 rings (SSSR count). The third-order valence-electron chi connectivity index (χ3n) is 19.6. The van der Waals surface area contributed by atoms with Gasteiger partial charge in [0.2, 0.25) is 0 Å². The fourth-order valence-corrected chi connectivity index (χ4v) is 15.5. The average Bonchev–Trinajstić information content (AvgIpc) is 0.949. The number of thioether (sulfide) groups is 2. The summed E-state index contributed by atoms with van der Waals surface area (Å²) in [6.07, 6.45) is 11.7. The smallest absolute Gasteiger partial charge is 0.416 e. The highest BCUT2D eigenvalue weighted by molar-refractivity contribution is 7.99. The molecule has 0 amide bonds. The first kappa shape index (κ1) is 141. The molecule has 5 atom stereocenters. The molecule has 1 heterocycles. The molecule has 7 aromatic rings. The fourth-order valence-electron chi connectivity index (χ4n) is 12.1. The topological polar surface area (TPSA) is 358 Å². The molecule has 7 aromatic carbocycles. The van der Waals surface area contributed by atoms with E-state index >= 15 is 0 Å². The summed E-state index contributed by atoms with van der Waals surface area (Å²) in [5, 5.41) is 25.8. The summed E-state index contributed by atoms with van der Waals surface area (Å²) in [5.74, 6) is 7.72. The van der Waals surface area contributed by atoms with Crippen LogP contribution in [0.15, 0.2) is 166 Å². The van der Waals surface area contributed by atoms with Crippen LogP contribution in [0.25, 0.3) is 0 Å². The second-order valence-corrected chi connectivity index (χ2v) is 38.3. The second-order valence-electron chi connectivity index (χ2n) is 32.3. The van der Waals surface area contributed by atoms with Gasteiger partial charge in [0, 0.05) is 76.3 Å². The summed E-state index contributed by atoms with van der Waals surface area (Å²) < 4.78 is 172. The molecular weight excluding hydrogens is 1950 g/mol. The predicted molar refractivity (Wildman–Crippen MR) is 549 cm³/mol. The van der Waals surface area contributed by atoms with Crippen molar-refractivity contribution in [2.75, 3.05) is 110 Å². The van der Waals surface area contributed by atoms with Gasteiger partial charge < -0.3 is 53.2 Å². The van der Waals surface area contributed by atoms with E-state index in [0.717, 1.165) is 202 Å². The van der Waals surface area contributed by atoms with E-state index < -0.39 is 43.7 Å². The summed E-state index contributed by atoms with van der Waals surface area (Å²) in [4.78, 5) is 73.8. The minimum absolute atomic E-state index is 0. The number of carbonyl (C=O) groups excluding carboxylic acids is 8. The molecule has 25 nitrogen and oxygen atoms in total. The van der Waals surface area contributed by atoms with Crippen molar-refractivity contribution in [2.45, 2.75) is 254 Å². The van der Waals surface area contributed by atoms with Crippen LogP contribution in [0.5, 0.6) is 40.2 Å². The zero-order valence-electron chi connectivity index (χ0n) is 85.5. The number of hydrogen-bond donors (Lipinski definition) is 4. The number of aryl methyl sites for hydroxylation is 5. The standard InChI is InChI=1S/C23H29F3O2S.C21H25F3O2S.C14H22O4S.C10H12O2S.C9H18O2.C8H18O3S.C7H8O.C6H14O2.C4H8O.3CO2.CH4/c1-4-6-18(15-28-20-9-7-19(8-10-20)23(24,25)26)16-29-21-11-12-22(17(3)14-21)27-13-5-2;1-4-5-16(14-27-19-10-11-20(25-3)15(2)12-19)13-26-18-8-6-17(7-9-18)21(22,23)24;1-4-5-13(11-18-19(3,15)16)10-17-14-8-6-12(2)7-9-14;1-7-5-9(13)3-4-10(7)12-6-8(2)11;1-4-7-8(5-2)9(10)11-6-3;1-4-6-8(5-2)7-11-12(3,9)10;1-6-2-4-7(8)5-3-6;1-2-3-6(4-7)5-8;1-2-4-5-3-1;3*2-1-3;/h7-12,14,18H,4-6,13,15-16H2,1-3H3;6-12,16H,4-5,13-14H2,1-3H3;6-9,13H,4-5,10-11H2,1-3H3;3-5,13H,6H2,1-2H3;8H,4-7H2,1-3H3;8H,4-7H2,1-3H3;2-5,8H,1H3;6-8H,2-5H2,1H3;1-4H2;;;;1H4. The van der Waals surface area contributed by atoms with Gasteiger partial charge in [0.1, 0.15) is 46.9 Å². The van der Waals surface area contributed by atoms with Crippen molar-refractivity contribution in [3.05, 3.63) is 191 Å². The first-order valence-electron chi connectivity index (χ1n) is 47.0. The number of ether oxygens (including phenoxy) is 8. The second kappa shape index (κ2) is 87.2. The van der Waals surface area contributed by atoms with Crippen LogP contribution >= 0.6 is 36.2 Å². The molecule has 0 spiro atoms. The number of aromatic hydroxyl groups is 1. The summed E-state index contributed by atoms with van der Waals surface area (Å²) in [5.41, 5.74) is 4.24. The van der Waals surface area contributed by atoms with Crippen molar-refractivity contribution in [1.29, 1.82) is 0 Å². The van der Waals surface area contributed by atoms with Crippen LogP contribution in [0.1, 0.15) is 232 Å². The number of carbonyl (C=O) groups is 2. The lowest BCUT2D eigenvalue weighted by Crippen LogP contribution is -2.20. The largest absolute Gasteiger partial charge is 0.508 e. The Bertz CT molecular complexity index is 4620. The molecule has 1 aliphatic rings. The minimum atomic E-state index is -4.32. The number of benzene rings is 7. The minimum Gasteiger partial charge on any atom is -0.508 e. The molecule has 0 saturated carbocycles. The molecular formula is C106H158F6O25S5. The third kappa shape index (κ3) is 78.2. The zero-order chi connectivity index (χ0) is 108. The highest BCUT2D eigenvalue weighted by atomic mass is 32.2. The maximum Gasteiger partial charge on any atom is 0.416 e. The van der Waals surface area contributed by atoms with E-state index in [1.165, 1.54) is 64.9 Å². The van der Waals surface area contributed by atoms with E-state index in [0.29, 0.717) is 74.6 Å². The maximum atomic E-state index is 12.7. The van der Waals surface area contributed by atoms with Crippen LogP contribution in [0, 0.1) is 70.1 Å². The number of aliphatic hydroxyl groups excluding tert-OH is 2. The molecule has 0 aliphatic carbocycles. The predicted octanol–water partition coefficient (Wildman–Crippen LogP) is 25.0. The van der Waals surface area contributed by atoms with E-state index in [2.05, 4.69) is 72.4 Å². The summed E-state index contributed by atoms with van der Waals surface area (Å²) in [6.45, 7) is 37.5. The van der Waals surface area contributed by atoms with Crippen molar-refractivity contribution >= 4 is 86.6 Å². The molecule has 142 heavy (non-hydrogen) atoms. The number of hydrogen-bond acceptors (Lipinski definition) is 28. The third-order valence-corrected chi connectivity index (χ3v) is 23.5. The Balaban J connectivity index is -0.000000510. The molecule has 0 aromatic heterocycles. The summed E-state index contributed by atoms with van der Waals surface area (Å²) >= 11 is 7.72. The molecule has 0 bridgehead atoms. The number of Topliss-reactive ketones (excluding diaryl/α,β-unsaturated/α-hetero) is 1. The van der Waals surface area contributed by atoms with Crippen molar-refractivity contribution in [3.63, 3.8) is 0 Å². The van der Waals surface area contributed by atoms with Gasteiger partial charge in [-0.15, -0.1) is 36.2 Å². The number of methoxy groups -OCH3 is 1. The SMILES string of the molecule is C.C1CCOC1.CC(=O)COc1ccc(S)cc1C.CCCC(CC)C(=O)OCC.CCCC(CC)COS(C)(=O)=O.CCCC(CO)CO.CCCC(COc1ccc(C(F)(F)F)cc1)CSc1ccc(OC)c(C)c1.CCCC(COc1ccc(C)cc1)COS(C)(=O)=O.CCCOc1ccc(SCC(CCC)COc2ccc(C(F)(F)F)cc2)cc1C.Cc1ccc(O)cc1.O=C=O.O=C=O.O=C=O. The normalized spacial score (nSPS) is 12.0. The number of aliphatic hydroxyl groups is 2. The lowest BCUT2D eigenvalue weighted by molar-refractivity contribution is -0.193. The Hall–Kier alpha value is -9.25. The van der Waals surface area contributed by atoms with E-state index in [-0.39, 0.29) is 81.8 Å². The number of phenols is 1. The number of thiol groups is 1. The maximum absolute atomic E-state index is 12.7. The van der Waals surface area contributed by atoms with Gasteiger partial charge in [-0.05, 0) is 263 Å². The van der Waals surface area contributed by atoms with E-state index in [1.54, 1.807) is 42.8 Å². The highest BCUT2D eigenvalue weighted by Gasteiger charge is 2.31. The van der Waals surface area contributed by atoms with Crippen LogP contribution in [0.2, 0.25) is 0 Å². The molecule has 1 saturated heterocycles. The molecule has 36 heteroatoms. The number of rotatable bonds is 46. The Morgan fingerprint density at radius 3 is 1.12 bits per heavy atom. The van der Waals surface area contributed by atoms with Crippen LogP contribution < -0.4 is 28.4 Å². The molecule has 5 unspecified atom stereocenters. The van der Waals surface area contributed by atoms with Crippen molar-refractivity contribution in [1.82, 2.24) is 0 Å². The van der Waals surface area contributed by atoms with E-state index in [9.17, 15) is 52.8 Å². The summed E-state index contributed by atoms with van der Waals surface area (Å²) in [6, 6.07) is 42.5. The van der Waals surface area contributed by atoms with E-state index in [1.807, 2.05) is 135 Å². The number of esters is 1. The van der Waals surface area contributed by atoms with Crippen molar-refractivity contribution in [2.24, 2.45) is 35.5 Å². The molecule has 804 valence electrons. The average molecular weight is 2110 g/mol. The van der Waals surface area contributed by atoms with Crippen LogP contribution in [-0.4, -0.2) is 173 Å². The Morgan fingerprint density at radius 2 is 0.803 bits per heavy atom. The van der Waals surface area contributed by atoms with Gasteiger partial charge in [0.05, 0.1) is 82.9 Å². The van der Waals surface area contributed by atoms with Crippen LogP contribution in [0.3, 0.4) is 0 Å². The zero-order valence-corrected chi connectivity index (χ0v) is 89.6. The Morgan fingerprint density at radius 1 is 0.451 bits per heavy atom. The van der Waals surface area contributed by atoms with Crippen molar-refractivity contribution < 1.29 is 143 Å². The van der Waals surface area contributed by atoms with Gasteiger partial charge in [-0.25, -0.2) is 0 Å². The van der Waals surface area contributed by atoms with Gasteiger partial charge in [0.15, 0.2) is 5.78 Å². The van der Waals surface area contributed by atoms with Crippen molar-refractivity contribution in [3.8, 4) is 40.2 Å². The van der Waals surface area contributed by atoms with Gasteiger partial charge in [-0.3, -0.25) is 18.0 Å². The molecule has 3 N–H and O–H groups in total. The first-order chi connectivity index (χ1) is 66.8. The molecule has 0 radical (unpaired) electrons. The number of halogens is 6. The Kier molecular flexibility index (Phi) is 86.7. The monoisotopic (exact) mass is 2100 g/mol. The number of ketones is 1. The fraction of sp³-hybridized carbons (Fsp3) is 0.557. The first-order valence-corrected chi connectivity index (χ1v) is 53.1. The van der Waals surface area contributed by atoms with Crippen LogP contribution in [-0.2, 0) is 88.8 Å². The molecule has 1 aliphatic heterocycles. The lowest BCUT2D eigenvalue weighted by atomic mass is 10.0. The summed E-state index contributed by atoms with van der Waals surface area (Å²) in [7, 11) is -4.97. The lowest BCUT2D eigenvalue weighted by Gasteiger charge is -2.17. The number of alkyl halides is 6. The molecule has 1 fully saturated rings. The Labute approximate surface area is 855 Å². The number of phenolic OH excluding ortho intramolecular Hbond substituents is 1.